The van der Waals surface area contributed by atoms with Crippen molar-refractivity contribution in [1.82, 2.24) is 0 Å². The zero-order valence-electron chi connectivity index (χ0n) is 10.8. The third kappa shape index (κ3) is 3.08. The second-order valence-corrected chi connectivity index (χ2v) is 4.97. The molecule has 0 spiro atoms. The molecular weight excluding hydrogens is 345 g/mol. The molecule has 0 unspecified atom stereocenters. The molecule has 0 amide bonds. The normalized spacial score (nSPS) is 10.2. The van der Waals surface area contributed by atoms with E-state index in [1.807, 2.05) is 0 Å². The molecule has 0 fully saturated rings. The van der Waals surface area contributed by atoms with Gasteiger partial charge in [-0.15, -0.1) is 0 Å². The fourth-order valence-corrected chi connectivity index (χ4v) is 2.22. The van der Waals surface area contributed by atoms with Crippen LogP contribution in [0.1, 0.15) is 17.3 Å². The fraction of sp³-hybridized carbons (Fsp3) is 0.0714. The van der Waals surface area contributed by atoms with Gasteiger partial charge in [-0.2, -0.15) is 0 Å². The van der Waals surface area contributed by atoms with Gasteiger partial charge in [0.1, 0.15) is 11.6 Å². The van der Waals surface area contributed by atoms with Crippen LogP contribution in [0.15, 0.2) is 40.9 Å². The van der Waals surface area contributed by atoms with E-state index >= 15 is 0 Å². The number of nitrogens with zero attached hydrogens (tertiary/aromatic N) is 1. The lowest BCUT2D eigenvalue weighted by Crippen LogP contribution is -2.02. The van der Waals surface area contributed by atoms with Gasteiger partial charge >= 0.3 is 5.69 Å². The SMILES string of the molecule is CC(=O)c1c(F)cccc1Oc1c(Br)cccc1[N+](=O)[O-]. The summed E-state index contributed by atoms with van der Waals surface area (Å²) in [5.74, 6) is -1.43. The standard InChI is InChI=1S/C14H9BrFNO4/c1-8(18)13-10(16)5-3-7-12(13)21-14-9(15)4-2-6-11(14)17(19)20/h2-7H,1H3. The molecular formula is C14H9BrFNO4. The van der Waals surface area contributed by atoms with E-state index in [1.54, 1.807) is 6.07 Å². The highest BCUT2D eigenvalue weighted by atomic mass is 79.9. The van der Waals surface area contributed by atoms with Gasteiger partial charge in [0.15, 0.2) is 5.78 Å². The monoisotopic (exact) mass is 353 g/mol. The summed E-state index contributed by atoms with van der Waals surface area (Å²) in [5.41, 5.74) is -0.536. The molecule has 0 atom stereocenters. The van der Waals surface area contributed by atoms with Crippen molar-refractivity contribution in [3.05, 3.63) is 62.4 Å². The van der Waals surface area contributed by atoms with Crippen molar-refractivity contribution in [2.75, 3.05) is 0 Å². The Hall–Kier alpha value is -2.28. The van der Waals surface area contributed by atoms with Gasteiger partial charge < -0.3 is 4.74 Å². The lowest BCUT2D eigenvalue weighted by Gasteiger charge is -2.11. The average Bonchev–Trinajstić information content (AvgIpc) is 2.40. The van der Waals surface area contributed by atoms with E-state index in [1.165, 1.54) is 31.2 Å². The van der Waals surface area contributed by atoms with E-state index in [2.05, 4.69) is 15.9 Å². The molecule has 21 heavy (non-hydrogen) atoms. The Morgan fingerprint density at radius 1 is 1.29 bits per heavy atom. The molecule has 0 saturated carbocycles. The summed E-state index contributed by atoms with van der Waals surface area (Å²) in [6.45, 7) is 1.19. The van der Waals surface area contributed by atoms with Gasteiger partial charge in [0.2, 0.25) is 5.75 Å². The number of carbonyl (C=O) groups is 1. The van der Waals surface area contributed by atoms with E-state index < -0.39 is 16.5 Å². The van der Waals surface area contributed by atoms with E-state index in [-0.39, 0.29) is 22.7 Å². The number of nitro benzene ring substituents is 1. The number of halogens is 2. The molecule has 0 aliphatic heterocycles. The minimum Gasteiger partial charge on any atom is -0.448 e. The van der Waals surface area contributed by atoms with Crippen LogP contribution >= 0.6 is 15.9 Å². The maximum absolute atomic E-state index is 13.7. The van der Waals surface area contributed by atoms with Gasteiger partial charge in [0.25, 0.3) is 0 Å². The molecule has 2 aromatic carbocycles. The number of carbonyl (C=O) groups excluding carboxylic acids is 1. The second kappa shape index (κ2) is 6.01. The first-order valence-corrected chi connectivity index (χ1v) is 6.61. The molecule has 0 heterocycles. The largest absolute Gasteiger partial charge is 0.448 e. The second-order valence-electron chi connectivity index (χ2n) is 4.12. The van der Waals surface area contributed by atoms with Crippen LogP contribution in [0.25, 0.3) is 0 Å². The van der Waals surface area contributed by atoms with Gasteiger partial charge in [0, 0.05) is 6.07 Å². The zero-order valence-corrected chi connectivity index (χ0v) is 12.4. The fourth-order valence-electron chi connectivity index (χ4n) is 1.78. The van der Waals surface area contributed by atoms with E-state index in [4.69, 9.17) is 4.74 Å². The van der Waals surface area contributed by atoms with Crippen molar-refractivity contribution >= 4 is 27.4 Å². The minimum atomic E-state index is -0.741. The van der Waals surface area contributed by atoms with Gasteiger partial charge in [-0.3, -0.25) is 14.9 Å². The van der Waals surface area contributed by atoms with Crippen LogP contribution in [-0.4, -0.2) is 10.7 Å². The number of ketones is 1. The predicted octanol–water partition coefficient (Wildman–Crippen LogP) is 4.49. The molecule has 0 bridgehead atoms. The van der Waals surface area contributed by atoms with Crippen LogP contribution in [-0.2, 0) is 0 Å². The molecule has 0 aliphatic carbocycles. The Balaban J connectivity index is 2.56. The Bertz CT molecular complexity index is 733. The lowest BCUT2D eigenvalue weighted by molar-refractivity contribution is -0.385. The third-order valence-corrected chi connectivity index (χ3v) is 3.31. The highest BCUT2D eigenvalue weighted by Crippen LogP contribution is 2.39. The molecule has 0 aliphatic rings. The van der Waals surface area contributed by atoms with Crippen LogP contribution in [0.5, 0.6) is 11.5 Å². The zero-order chi connectivity index (χ0) is 15.6. The average molecular weight is 354 g/mol. The summed E-state index contributed by atoms with van der Waals surface area (Å²) in [6.07, 6.45) is 0. The molecule has 0 aromatic heterocycles. The minimum absolute atomic E-state index is 0.0718. The summed E-state index contributed by atoms with van der Waals surface area (Å²) < 4.78 is 19.5. The highest BCUT2D eigenvalue weighted by molar-refractivity contribution is 9.10. The Labute approximate surface area is 127 Å². The quantitative estimate of drug-likeness (QED) is 0.461. The number of ether oxygens (including phenoxy) is 1. The number of benzene rings is 2. The molecule has 0 saturated heterocycles. The highest BCUT2D eigenvalue weighted by Gasteiger charge is 2.22. The predicted molar refractivity (Wildman–Crippen MR) is 77.3 cm³/mol. The summed E-state index contributed by atoms with van der Waals surface area (Å²) in [5, 5.41) is 11.0. The van der Waals surface area contributed by atoms with Crippen LogP contribution in [0.4, 0.5) is 10.1 Å². The van der Waals surface area contributed by atoms with Crippen molar-refractivity contribution in [2.45, 2.75) is 6.92 Å². The number of Topliss-reactive ketones (excluding diaryl/α,β-unsaturated/α-hetero) is 1. The number of rotatable bonds is 4. The molecule has 0 radical (unpaired) electrons. The first-order chi connectivity index (χ1) is 9.91. The van der Waals surface area contributed by atoms with Gasteiger partial charge in [-0.1, -0.05) is 12.1 Å². The van der Waals surface area contributed by atoms with E-state index in [0.717, 1.165) is 6.07 Å². The van der Waals surface area contributed by atoms with Crippen LogP contribution in [0, 0.1) is 15.9 Å². The Morgan fingerprint density at radius 2 is 1.95 bits per heavy atom. The van der Waals surface area contributed by atoms with Crippen molar-refractivity contribution in [3.63, 3.8) is 0 Å². The first-order valence-electron chi connectivity index (χ1n) is 5.82. The molecule has 0 N–H and O–H groups in total. The van der Waals surface area contributed by atoms with E-state index in [9.17, 15) is 19.3 Å². The molecule has 5 nitrogen and oxygen atoms in total. The Kier molecular flexibility index (Phi) is 4.32. The number of para-hydroxylation sites is 1. The summed E-state index contributed by atoms with van der Waals surface area (Å²) in [7, 11) is 0. The van der Waals surface area contributed by atoms with Gasteiger partial charge in [0.05, 0.1) is 15.0 Å². The Morgan fingerprint density at radius 3 is 2.57 bits per heavy atom. The van der Waals surface area contributed by atoms with Crippen LogP contribution in [0.2, 0.25) is 0 Å². The maximum Gasteiger partial charge on any atom is 0.312 e. The number of nitro groups is 1. The van der Waals surface area contributed by atoms with Crippen LogP contribution < -0.4 is 4.74 Å². The molecule has 7 heteroatoms. The molecule has 108 valence electrons. The lowest BCUT2D eigenvalue weighted by atomic mass is 10.1. The number of hydrogen-bond acceptors (Lipinski definition) is 4. The van der Waals surface area contributed by atoms with Crippen molar-refractivity contribution in [2.24, 2.45) is 0 Å². The smallest absolute Gasteiger partial charge is 0.312 e. The first kappa shape index (κ1) is 15.1. The summed E-state index contributed by atoms with van der Waals surface area (Å²) in [6, 6.07) is 8.15. The van der Waals surface area contributed by atoms with Gasteiger partial charge in [-0.25, -0.2) is 4.39 Å². The summed E-state index contributed by atoms with van der Waals surface area (Å²) in [4.78, 5) is 21.9. The summed E-state index contributed by atoms with van der Waals surface area (Å²) >= 11 is 3.14. The third-order valence-electron chi connectivity index (χ3n) is 2.68. The molecule has 2 rings (SSSR count). The van der Waals surface area contributed by atoms with E-state index in [0.29, 0.717) is 4.47 Å². The van der Waals surface area contributed by atoms with Gasteiger partial charge in [-0.05, 0) is 41.1 Å². The van der Waals surface area contributed by atoms with Crippen LogP contribution in [0.3, 0.4) is 0 Å². The molecule has 2 aromatic rings. The van der Waals surface area contributed by atoms with Crippen molar-refractivity contribution in [3.8, 4) is 11.5 Å². The topological polar surface area (TPSA) is 69.4 Å². The number of hydrogen-bond donors (Lipinski definition) is 0. The van der Waals surface area contributed by atoms with Crippen molar-refractivity contribution < 1.29 is 18.8 Å². The maximum atomic E-state index is 13.7. The van der Waals surface area contributed by atoms with Crippen molar-refractivity contribution in [1.29, 1.82) is 0 Å².